The van der Waals surface area contributed by atoms with Gasteiger partial charge >= 0.3 is 12.1 Å². The first-order valence-corrected chi connectivity index (χ1v) is 5.87. The first-order chi connectivity index (χ1) is 8.21. The van der Waals surface area contributed by atoms with Crippen molar-refractivity contribution in [2.75, 3.05) is 11.9 Å². The zero-order chi connectivity index (χ0) is 13.9. The molecule has 100 valence electrons. The molecule has 0 aliphatic rings. The van der Waals surface area contributed by atoms with Crippen molar-refractivity contribution in [2.24, 2.45) is 5.92 Å². The summed E-state index contributed by atoms with van der Waals surface area (Å²) >= 11 is 8.80. The molecule has 1 atom stereocenters. The third kappa shape index (κ3) is 4.06. The molecular formula is C10H8BrClF3NO2. The Bertz CT molecular complexity index is 453. The highest BCUT2D eigenvalue weighted by molar-refractivity contribution is 9.10. The molecule has 8 heteroatoms. The summed E-state index contributed by atoms with van der Waals surface area (Å²) < 4.78 is 37.7. The number of carboxylic acid groups (broad SMARTS) is 1. The van der Waals surface area contributed by atoms with Gasteiger partial charge in [0.2, 0.25) is 0 Å². The van der Waals surface area contributed by atoms with Gasteiger partial charge in [-0.25, -0.2) is 0 Å². The van der Waals surface area contributed by atoms with Crippen molar-refractivity contribution in [3.8, 4) is 0 Å². The van der Waals surface area contributed by atoms with Crippen LogP contribution in [0.4, 0.5) is 18.9 Å². The Morgan fingerprint density at radius 1 is 1.50 bits per heavy atom. The predicted octanol–water partition coefficient (Wildman–Crippen LogP) is 3.78. The van der Waals surface area contributed by atoms with Crippen molar-refractivity contribution in [1.82, 2.24) is 0 Å². The topological polar surface area (TPSA) is 49.3 Å². The van der Waals surface area contributed by atoms with E-state index in [2.05, 4.69) is 21.2 Å². The second-order valence-corrected chi connectivity index (χ2v) is 4.73. The molecule has 1 rings (SSSR count). The number of hydrogen-bond donors (Lipinski definition) is 2. The van der Waals surface area contributed by atoms with Crippen LogP contribution in [0, 0.1) is 5.92 Å². The van der Waals surface area contributed by atoms with E-state index in [-0.39, 0.29) is 0 Å². The van der Waals surface area contributed by atoms with Crippen LogP contribution in [0.2, 0.25) is 5.02 Å². The lowest BCUT2D eigenvalue weighted by atomic mass is 10.1. The molecule has 0 spiro atoms. The SMILES string of the molecule is O=C(O)C(CNc1cc(Cl)ccc1Br)C(F)(F)F. The van der Waals surface area contributed by atoms with E-state index in [1.807, 2.05) is 0 Å². The number of carboxylic acids is 1. The molecule has 0 bridgehead atoms. The summed E-state index contributed by atoms with van der Waals surface area (Å²) in [5.41, 5.74) is 0.304. The highest BCUT2D eigenvalue weighted by Crippen LogP contribution is 2.29. The van der Waals surface area contributed by atoms with Crippen molar-refractivity contribution in [3.05, 3.63) is 27.7 Å². The number of aliphatic carboxylic acids is 1. The minimum absolute atomic E-state index is 0.304. The average Bonchev–Trinajstić information content (AvgIpc) is 2.20. The van der Waals surface area contributed by atoms with Crippen LogP contribution >= 0.6 is 27.5 Å². The average molecular weight is 347 g/mol. The molecule has 0 saturated heterocycles. The maximum atomic E-state index is 12.4. The molecule has 18 heavy (non-hydrogen) atoms. The van der Waals surface area contributed by atoms with Crippen LogP contribution in [0.5, 0.6) is 0 Å². The first-order valence-electron chi connectivity index (χ1n) is 4.70. The highest BCUT2D eigenvalue weighted by Gasteiger charge is 2.44. The van der Waals surface area contributed by atoms with Crippen LogP contribution in [-0.2, 0) is 4.79 Å². The van der Waals surface area contributed by atoms with Crippen molar-refractivity contribution in [3.63, 3.8) is 0 Å². The van der Waals surface area contributed by atoms with E-state index in [0.717, 1.165) is 0 Å². The van der Waals surface area contributed by atoms with E-state index in [0.29, 0.717) is 15.2 Å². The number of carbonyl (C=O) groups is 1. The van der Waals surface area contributed by atoms with E-state index >= 15 is 0 Å². The van der Waals surface area contributed by atoms with Crippen molar-refractivity contribution in [1.29, 1.82) is 0 Å². The molecule has 0 fully saturated rings. The predicted molar refractivity (Wildman–Crippen MR) is 64.8 cm³/mol. The molecule has 3 nitrogen and oxygen atoms in total. The van der Waals surface area contributed by atoms with Crippen LogP contribution < -0.4 is 5.32 Å². The Morgan fingerprint density at radius 2 is 2.11 bits per heavy atom. The van der Waals surface area contributed by atoms with Gasteiger partial charge in [0, 0.05) is 21.7 Å². The molecule has 1 aromatic carbocycles. The van der Waals surface area contributed by atoms with Crippen LogP contribution in [0.25, 0.3) is 0 Å². The number of rotatable bonds is 4. The fourth-order valence-electron chi connectivity index (χ4n) is 1.19. The van der Waals surface area contributed by atoms with E-state index in [4.69, 9.17) is 16.7 Å². The number of nitrogens with one attached hydrogen (secondary N) is 1. The fraction of sp³-hybridized carbons (Fsp3) is 0.300. The van der Waals surface area contributed by atoms with Crippen molar-refractivity contribution < 1.29 is 23.1 Å². The fourth-order valence-corrected chi connectivity index (χ4v) is 1.75. The molecule has 1 unspecified atom stereocenters. The van der Waals surface area contributed by atoms with Gasteiger partial charge in [0.25, 0.3) is 0 Å². The zero-order valence-corrected chi connectivity index (χ0v) is 11.1. The maximum Gasteiger partial charge on any atom is 0.403 e. The standard InChI is InChI=1S/C10H8BrClF3NO2/c11-7-2-1-5(12)3-8(7)16-4-6(9(17)18)10(13,14)15/h1-3,6,16H,4H2,(H,17,18). The lowest BCUT2D eigenvalue weighted by molar-refractivity contribution is -0.190. The van der Waals surface area contributed by atoms with E-state index in [9.17, 15) is 18.0 Å². The van der Waals surface area contributed by atoms with Crippen LogP contribution in [0.15, 0.2) is 22.7 Å². The summed E-state index contributed by atoms with van der Waals surface area (Å²) in [6.45, 7) is -0.766. The lowest BCUT2D eigenvalue weighted by Gasteiger charge is -2.17. The molecule has 0 heterocycles. The summed E-state index contributed by atoms with van der Waals surface area (Å²) in [7, 11) is 0. The van der Waals surface area contributed by atoms with Gasteiger partial charge in [-0.3, -0.25) is 4.79 Å². The van der Waals surface area contributed by atoms with E-state index in [1.165, 1.54) is 6.07 Å². The third-order valence-electron chi connectivity index (χ3n) is 2.12. The second-order valence-electron chi connectivity index (χ2n) is 3.44. The Balaban J connectivity index is 2.79. The third-order valence-corrected chi connectivity index (χ3v) is 3.04. The monoisotopic (exact) mass is 345 g/mol. The summed E-state index contributed by atoms with van der Waals surface area (Å²) in [6.07, 6.45) is -4.80. The minimum Gasteiger partial charge on any atom is -0.481 e. The van der Waals surface area contributed by atoms with Crippen molar-refractivity contribution in [2.45, 2.75) is 6.18 Å². The summed E-state index contributed by atoms with van der Waals surface area (Å²) in [6, 6.07) is 4.50. The summed E-state index contributed by atoms with van der Waals surface area (Å²) in [5, 5.41) is 11.3. The molecule has 0 aromatic heterocycles. The molecule has 0 aliphatic heterocycles. The molecule has 0 radical (unpaired) electrons. The van der Waals surface area contributed by atoms with Gasteiger partial charge in [-0.15, -0.1) is 0 Å². The summed E-state index contributed by atoms with van der Waals surface area (Å²) in [4.78, 5) is 10.5. The minimum atomic E-state index is -4.80. The number of alkyl halides is 3. The molecular weight excluding hydrogens is 338 g/mol. The number of benzene rings is 1. The zero-order valence-electron chi connectivity index (χ0n) is 8.76. The maximum absolute atomic E-state index is 12.4. The van der Waals surface area contributed by atoms with Gasteiger partial charge in [-0.2, -0.15) is 13.2 Å². The Labute approximate surface area is 114 Å². The van der Waals surface area contributed by atoms with Gasteiger partial charge in [-0.1, -0.05) is 11.6 Å². The molecule has 2 N–H and O–H groups in total. The molecule has 1 aromatic rings. The van der Waals surface area contributed by atoms with Crippen LogP contribution in [-0.4, -0.2) is 23.8 Å². The first kappa shape index (κ1) is 15.1. The summed E-state index contributed by atoms with van der Waals surface area (Å²) in [5.74, 6) is -4.39. The smallest absolute Gasteiger partial charge is 0.403 e. The quantitative estimate of drug-likeness (QED) is 0.872. The highest BCUT2D eigenvalue weighted by atomic mass is 79.9. The number of anilines is 1. The number of hydrogen-bond acceptors (Lipinski definition) is 2. The molecule has 0 aliphatic carbocycles. The molecule has 0 saturated carbocycles. The van der Waals surface area contributed by atoms with Crippen molar-refractivity contribution >= 4 is 39.2 Å². The van der Waals surface area contributed by atoms with Gasteiger partial charge in [-0.05, 0) is 34.1 Å². The normalized spacial score (nSPS) is 13.2. The van der Waals surface area contributed by atoms with Gasteiger partial charge in [0.05, 0.1) is 0 Å². The lowest BCUT2D eigenvalue weighted by Crippen LogP contribution is -2.36. The largest absolute Gasteiger partial charge is 0.481 e. The Morgan fingerprint density at radius 3 is 2.61 bits per heavy atom. The van der Waals surface area contributed by atoms with Crippen LogP contribution in [0.3, 0.4) is 0 Å². The van der Waals surface area contributed by atoms with Gasteiger partial charge < -0.3 is 10.4 Å². The van der Waals surface area contributed by atoms with Crippen LogP contribution in [0.1, 0.15) is 0 Å². The van der Waals surface area contributed by atoms with Gasteiger partial charge in [0.15, 0.2) is 5.92 Å². The van der Waals surface area contributed by atoms with Gasteiger partial charge in [0.1, 0.15) is 0 Å². The van der Waals surface area contributed by atoms with E-state index < -0.39 is 24.6 Å². The Hall–Kier alpha value is -0.950. The second kappa shape index (κ2) is 5.79. The van der Waals surface area contributed by atoms with E-state index in [1.54, 1.807) is 12.1 Å². The Kier molecular flexibility index (Phi) is 4.86. The number of halogens is 5. The molecule has 0 amide bonds.